The maximum absolute atomic E-state index is 11.8. The molecule has 11 atom stereocenters. The van der Waals surface area contributed by atoms with E-state index < -0.39 is 89.9 Å². The second kappa shape index (κ2) is 12.4. The molecule has 258 valence electrons. The van der Waals surface area contributed by atoms with Gasteiger partial charge in [0, 0.05) is 48.2 Å². The summed E-state index contributed by atoms with van der Waals surface area (Å²) in [5, 5.41) is 88.3. The predicted octanol–water partition coefficient (Wildman–Crippen LogP) is 1.64. The number of hydrogen-bond donors (Lipinski definition) is 9. The molecular formula is C33H43NO13. The van der Waals surface area contributed by atoms with Crippen molar-refractivity contribution in [2.75, 3.05) is 7.11 Å². The van der Waals surface area contributed by atoms with Crippen molar-refractivity contribution in [2.45, 2.75) is 113 Å². The second-order valence-electron chi connectivity index (χ2n) is 13.0. The lowest BCUT2D eigenvalue weighted by atomic mass is 9.74. The Morgan fingerprint density at radius 2 is 1.55 bits per heavy atom. The predicted molar refractivity (Wildman–Crippen MR) is 166 cm³/mol. The number of fused-ring (bicyclic) bond motifs is 3. The monoisotopic (exact) mass is 661 g/mol. The van der Waals surface area contributed by atoms with Crippen molar-refractivity contribution in [3.8, 4) is 28.7 Å². The number of nitrogens with two attached hydrogens (primary N) is 1. The summed E-state index contributed by atoms with van der Waals surface area (Å²) in [5.74, 6) is -1.65. The highest BCUT2D eigenvalue weighted by molar-refractivity contribution is 6.17. The minimum Gasteiger partial charge on any atom is -0.507 e. The van der Waals surface area contributed by atoms with Gasteiger partial charge in [0.2, 0.25) is 0 Å². The molecule has 3 aliphatic rings. The van der Waals surface area contributed by atoms with Crippen molar-refractivity contribution in [1.82, 2.24) is 0 Å². The number of aliphatic hydroxyl groups is 4. The number of hydrogen-bond acceptors (Lipinski definition) is 14. The largest absolute Gasteiger partial charge is 0.507 e. The van der Waals surface area contributed by atoms with Crippen LogP contribution in [0.15, 0.2) is 18.2 Å². The van der Waals surface area contributed by atoms with Crippen molar-refractivity contribution < 1.29 is 64.5 Å². The minimum absolute atomic E-state index is 0.0188. The molecule has 0 aromatic heterocycles. The van der Waals surface area contributed by atoms with Crippen molar-refractivity contribution in [1.29, 1.82) is 0 Å². The Kier molecular flexibility index (Phi) is 8.87. The van der Waals surface area contributed by atoms with E-state index in [9.17, 15) is 40.9 Å². The maximum atomic E-state index is 11.8. The summed E-state index contributed by atoms with van der Waals surface area (Å²) in [6.45, 7) is 4.74. The van der Waals surface area contributed by atoms with Crippen molar-refractivity contribution in [3.05, 3.63) is 29.3 Å². The highest BCUT2D eigenvalue weighted by Gasteiger charge is 2.48. The van der Waals surface area contributed by atoms with E-state index >= 15 is 0 Å². The molecule has 2 fully saturated rings. The van der Waals surface area contributed by atoms with Gasteiger partial charge in [-0.1, -0.05) is 12.1 Å². The Labute approximate surface area is 270 Å². The molecule has 2 heterocycles. The van der Waals surface area contributed by atoms with Crippen LogP contribution in [0.2, 0.25) is 0 Å². The Morgan fingerprint density at radius 1 is 0.894 bits per heavy atom. The van der Waals surface area contributed by atoms with Crippen LogP contribution in [-0.2, 0) is 25.4 Å². The van der Waals surface area contributed by atoms with Gasteiger partial charge in [0.05, 0.1) is 59.4 Å². The lowest BCUT2D eigenvalue weighted by Crippen LogP contribution is -2.56. The molecule has 2 aliphatic heterocycles. The van der Waals surface area contributed by atoms with Gasteiger partial charge in [0.25, 0.3) is 0 Å². The van der Waals surface area contributed by atoms with Crippen LogP contribution in [0.25, 0.3) is 21.5 Å². The summed E-state index contributed by atoms with van der Waals surface area (Å²) in [6, 6.07) is 4.04. The van der Waals surface area contributed by atoms with E-state index in [2.05, 4.69) is 0 Å². The van der Waals surface area contributed by atoms with Gasteiger partial charge in [0.1, 0.15) is 41.0 Å². The third kappa shape index (κ3) is 5.61. The molecular weight excluding hydrogens is 618 g/mol. The minimum atomic E-state index is -1.82. The third-order valence-electron chi connectivity index (χ3n) is 9.94. The fraction of sp³-hybridized carbons (Fsp3) is 0.576. The number of methoxy groups -OCH3 is 1. The molecule has 14 heteroatoms. The smallest absolute Gasteiger partial charge is 0.161 e. The molecule has 2 saturated heterocycles. The summed E-state index contributed by atoms with van der Waals surface area (Å²) in [6.07, 6.45) is -8.75. The lowest BCUT2D eigenvalue weighted by molar-refractivity contribution is -0.303. The fourth-order valence-electron chi connectivity index (χ4n) is 7.27. The summed E-state index contributed by atoms with van der Waals surface area (Å²) in [5.41, 5.74) is 4.76. The fourth-order valence-corrected chi connectivity index (χ4v) is 7.27. The SMILES string of the molecule is COc1cccc2c(O)c3c(O)c4c(c(O)c3c(O)c12)[C@@H](O[C@H]1C[C@H](N)[C@H](O[C@H]2C[C@H](O)[C@@H](O)[C@H](C)O2)[C@H](C)O1)C[C@](O)(C(C)O)C4. The van der Waals surface area contributed by atoms with E-state index in [1.165, 1.54) is 20.1 Å². The van der Waals surface area contributed by atoms with Crippen LogP contribution in [0.3, 0.4) is 0 Å². The molecule has 0 radical (unpaired) electrons. The first-order chi connectivity index (χ1) is 22.2. The first-order valence-corrected chi connectivity index (χ1v) is 15.7. The zero-order valence-corrected chi connectivity index (χ0v) is 26.5. The van der Waals surface area contributed by atoms with Gasteiger partial charge in [-0.15, -0.1) is 0 Å². The molecule has 3 aromatic rings. The highest BCUT2D eigenvalue weighted by atomic mass is 16.7. The van der Waals surface area contributed by atoms with Gasteiger partial charge < -0.3 is 70.3 Å². The number of phenolic OH excluding ortho intramolecular Hbond substituents is 4. The number of aliphatic hydroxyl groups excluding tert-OH is 3. The van der Waals surface area contributed by atoms with Crippen LogP contribution >= 0.6 is 0 Å². The zero-order valence-electron chi connectivity index (χ0n) is 26.5. The van der Waals surface area contributed by atoms with Crippen LogP contribution in [-0.4, -0.2) is 109 Å². The van der Waals surface area contributed by atoms with Gasteiger partial charge in [-0.05, 0) is 26.8 Å². The molecule has 1 aliphatic carbocycles. The molecule has 0 amide bonds. The number of benzene rings is 3. The quantitative estimate of drug-likeness (QED) is 0.135. The van der Waals surface area contributed by atoms with Crippen LogP contribution < -0.4 is 10.5 Å². The van der Waals surface area contributed by atoms with Crippen LogP contribution in [0.4, 0.5) is 0 Å². The molecule has 14 nitrogen and oxygen atoms in total. The van der Waals surface area contributed by atoms with Gasteiger partial charge in [0.15, 0.2) is 12.6 Å². The lowest BCUT2D eigenvalue weighted by Gasteiger charge is -2.45. The Bertz CT molecular complexity index is 1640. The van der Waals surface area contributed by atoms with Crippen molar-refractivity contribution >= 4 is 21.5 Å². The molecule has 0 saturated carbocycles. The molecule has 47 heavy (non-hydrogen) atoms. The molecule has 10 N–H and O–H groups in total. The molecule has 3 aromatic carbocycles. The Hall–Kier alpha value is -3.18. The first kappa shape index (κ1) is 33.7. The van der Waals surface area contributed by atoms with Gasteiger partial charge in [-0.25, -0.2) is 0 Å². The first-order valence-electron chi connectivity index (χ1n) is 15.7. The van der Waals surface area contributed by atoms with Crippen LogP contribution in [0, 0.1) is 0 Å². The average molecular weight is 662 g/mol. The maximum Gasteiger partial charge on any atom is 0.161 e. The standard InChI is InChI=1S/C33H43NO13/c1-12-27(37)18(36)9-22(44-12)47-32-13(2)45-21(8-17(32)34)46-20-11-33(42,14(3)35)10-16-24(20)31(41)26-25(29(16)39)28(38)15-6-5-7-19(43-4)23(15)30(26)40/h5-7,12-14,17-18,20-22,27,32,35-42H,8-11,34H2,1-4H3/t12-,13-,14?,17-,18-,20-,21-,22-,27-,32+,33-/m0/s1. The van der Waals surface area contributed by atoms with E-state index in [0.29, 0.717) is 0 Å². The van der Waals surface area contributed by atoms with E-state index in [0.717, 1.165) is 0 Å². The topological polar surface area (TPSA) is 234 Å². The van der Waals surface area contributed by atoms with Gasteiger partial charge in [-0.3, -0.25) is 0 Å². The van der Waals surface area contributed by atoms with Crippen LogP contribution in [0.5, 0.6) is 28.7 Å². The average Bonchev–Trinajstić information content (AvgIpc) is 3.01. The Balaban J connectivity index is 1.36. The number of aromatic hydroxyl groups is 4. The summed E-state index contributed by atoms with van der Waals surface area (Å²) in [7, 11) is 1.39. The van der Waals surface area contributed by atoms with Gasteiger partial charge >= 0.3 is 0 Å². The van der Waals surface area contributed by atoms with E-state index in [1.54, 1.807) is 26.0 Å². The summed E-state index contributed by atoms with van der Waals surface area (Å²) < 4.78 is 29.6. The number of phenols is 4. The molecule has 0 bridgehead atoms. The van der Waals surface area contributed by atoms with Crippen molar-refractivity contribution in [3.63, 3.8) is 0 Å². The molecule has 6 rings (SSSR count). The summed E-state index contributed by atoms with van der Waals surface area (Å²) >= 11 is 0. The molecule has 1 unspecified atom stereocenters. The van der Waals surface area contributed by atoms with Gasteiger partial charge in [-0.2, -0.15) is 0 Å². The number of rotatable bonds is 6. The van der Waals surface area contributed by atoms with E-state index in [-0.39, 0.29) is 64.1 Å². The van der Waals surface area contributed by atoms with E-state index in [1.807, 2.05) is 0 Å². The highest BCUT2D eigenvalue weighted by Crippen LogP contribution is 2.57. The number of ether oxygens (including phenoxy) is 5. The van der Waals surface area contributed by atoms with E-state index in [4.69, 9.17) is 29.4 Å². The second-order valence-corrected chi connectivity index (χ2v) is 13.0. The zero-order chi connectivity index (χ0) is 34.1. The Morgan fingerprint density at radius 3 is 2.19 bits per heavy atom. The molecule has 0 spiro atoms. The third-order valence-corrected chi connectivity index (χ3v) is 9.94. The summed E-state index contributed by atoms with van der Waals surface area (Å²) in [4.78, 5) is 0. The normalized spacial score (nSPS) is 35.1. The van der Waals surface area contributed by atoms with Crippen molar-refractivity contribution in [2.24, 2.45) is 5.73 Å². The van der Waals surface area contributed by atoms with Crippen LogP contribution in [0.1, 0.15) is 57.3 Å².